The zero-order valence-electron chi connectivity index (χ0n) is 9.20. The van der Waals surface area contributed by atoms with Crippen LogP contribution in [0.4, 0.5) is 5.69 Å². The molecule has 0 saturated heterocycles. The number of aliphatic imine (C=N–C) groups is 1. The Bertz CT molecular complexity index is 535. The van der Waals surface area contributed by atoms with E-state index in [0.717, 1.165) is 11.3 Å². The number of nitro groups is 1. The Labute approximate surface area is 108 Å². The number of rotatable bonds is 4. The summed E-state index contributed by atoms with van der Waals surface area (Å²) in [5, 5.41) is 12.8. The van der Waals surface area contributed by atoms with Gasteiger partial charge in [-0.1, -0.05) is 0 Å². The number of nitrogens with one attached hydrogen (secondary N) is 1. The third kappa shape index (κ3) is 2.78. The molecule has 92 valence electrons. The van der Waals surface area contributed by atoms with Gasteiger partial charge in [-0.25, -0.2) is 4.99 Å². The second-order valence-electron chi connectivity index (χ2n) is 3.57. The van der Waals surface area contributed by atoms with Crippen LogP contribution in [0.3, 0.4) is 0 Å². The highest BCUT2D eigenvalue weighted by Crippen LogP contribution is 2.21. The molecular weight excluding hydrogens is 254 g/mol. The van der Waals surface area contributed by atoms with Gasteiger partial charge in [-0.2, -0.15) is 0 Å². The largest absolute Gasteiger partial charge is 0.269 e. The number of hydroxylamine groups is 1. The zero-order valence-corrected chi connectivity index (χ0v) is 10.0. The van der Waals surface area contributed by atoms with Crippen molar-refractivity contribution < 1.29 is 9.76 Å². The van der Waals surface area contributed by atoms with Gasteiger partial charge < -0.3 is 0 Å². The van der Waals surface area contributed by atoms with Gasteiger partial charge >= 0.3 is 0 Å². The minimum absolute atomic E-state index is 0.0557. The van der Waals surface area contributed by atoms with Crippen LogP contribution >= 0.6 is 12.2 Å². The van der Waals surface area contributed by atoms with Crippen LogP contribution in [0.1, 0.15) is 5.56 Å². The van der Waals surface area contributed by atoms with Crippen molar-refractivity contribution in [3.63, 3.8) is 0 Å². The second kappa shape index (κ2) is 5.50. The highest BCUT2D eigenvalue weighted by atomic mass is 32.1. The SMILES string of the molecule is O=[N+]([O-])c1ccc(C2=CC(CN=C=S)ON2)cc1. The van der Waals surface area contributed by atoms with Crippen molar-refractivity contribution in [1.29, 1.82) is 0 Å². The van der Waals surface area contributed by atoms with E-state index >= 15 is 0 Å². The van der Waals surface area contributed by atoms with E-state index in [0.29, 0.717) is 6.54 Å². The number of thiocarbonyl (C=S) groups is 1. The van der Waals surface area contributed by atoms with E-state index in [1.807, 2.05) is 6.08 Å². The summed E-state index contributed by atoms with van der Waals surface area (Å²) >= 11 is 4.47. The Morgan fingerprint density at radius 3 is 2.83 bits per heavy atom. The van der Waals surface area contributed by atoms with Crippen LogP contribution in [-0.2, 0) is 4.84 Å². The molecule has 0 aliphatic carbocycles. The van der Waals surface area contributed by atoms with Gasteiger partial charge in [-0.15, -0.1) is 0 Å². The first kappa shape index (κ1) is 12.4. The Morgan fingerprint density at radius 1 is 1.50 bits per heavy atom. The molecule has 1 aliphatic heterocycles. The van der Waals surface area contributed by atoms with Crippen LogP contribution < -0.4 is 5.48 Å². The lowest BCUT2D eigenvalue weighted by molar-refractivity contribution is -0.384. The highest BCUT2D eigenvalue weighted by Gasteiger charge is 2.17. The third-order valence-electron chi connectivity index (χ3n) is 2.40. The van der Waals surface area contributed by atoms with E-state index in [1.165, 1.54) is 12.1 Å². The van der Waals surface area contributed by atoms with E-state index in [2.05, 4.69) is 27.9 Å². The van der Waals surface area contributed by atoms with Crippen LogP contribution in [0.25, 0.3) is 5.70 Å². The fourth-order valence-electron chi connectivity index (χ4n) is 1.53. The summed E-state index contributed by atoms with van der Waals surface area (Å²) in [5.74, 6) is 0. The minimum Gasteiger partial charge on any atom is -0.267 e. The molecule has 0 radical (unpaired) electrons. The smallest absolute Gasteiger partial charge is 0.267 e. The molecule has 2 rings (SSSR count). The van der Waals surface area contributed by atoms with Gasteiger partial charge in [0.15, 0.2) is 0 Å². The lowest BCUT2D eigenvalue weighted by Gasteiger charge is -2.03. The van der Waals surface area contributed by atoms with E-state index in [9.17, 15) is 10.1 Å². The average molecular weight is 263 g/mol. The van der Waals surface area contributed by atoms with Crippen LogP contribution in [0, 0.1) is 10.1 Å². The molecule has 1 heterocycles. The molecule has 7 heteroatoms. The summed E-state index contributed by atoms with van der Waals surface area (Å²) in [5.41, 5.74) is 4.38. The summed E-state index contributed by atoms with van der Waals surface area (Å²) in [6.45, 7) is 0.396. The lowest BCUT2D eigenvalue weighted by atomic mass is 10.1. The molecule has 0 bridgehead atoms. The number of non-ortho nitro benzene ring substituents is 1. The molecule has 1 N–H and O–H groups in total. The Morgan fingerprint density at radius 2 is 2.22 bits per heavy atom. The standard InChI is InChI=1S/C11H9N3O3S/c15-14(16)9-3-1-8(2-4-9)11-5-10(17-13-11)6-12-7-18/h1-5,10,13H,6H2. The van der Waals surface area contributed by atoms with Gasteiger partial charge in [0, 0.05) is 17.7 Å². The van der Waals surface area contributed by atoms with Gasteiger partial charge in [-0.05, 0) is 30.4 Å². The highest BCUT2D eigenvalue weighted by molar-refractivity contribution is 7.78. The van der Waals surface area contributed by atoms with E-state index in [4.69, 9.17) is 4.84 Å². The molecule has 1 atom stereocenters. The van der Waals surface area contributed by atoms with Crippen molar-refractivity contribution in [2.24, 2.45) is 4.99 Å². The molecule has 1 aromatic carbocycles. The van der Waals surface area contributed by atoms with Gasteiger partial charge in [0.25, 0.3) is 5.69 Å². The summed E-state index contributed by atoms with van der Waals surface area (Å²) in [4.78, 5) is 19.1. The van der Waals surface area contributed by atoms with Crippen molar-refractivity contribution in [1.82, 2.24) is 5.48 Å². The molecule has 0 fully saturated rings. The van der Waals surface area contributed by atoms with E-state index in [1.54, 1.807) is 12.1 Å². The quantitative estimate of drug-likeness (QED) is 0.389. The number of hydrogen-bond acceptors (Lipinski definition) is 6. The first-order valence-corrected chi connectivity index (χ1v) is 5.53. The monoisotopic (exact) mass is 263 g/mol. The zero-order chi connectivity index (χ0) is 13.0. The minimum atomic E-state index is -0.437. The van der Waals surface area contributed by atoms with Gasteiger partial charge in [0.1, 0.15) is 6.10 Å². The Balaban J connectivity index is 2.12. The average Bonchev–Trinajstić information content (AvgIpc) is 2.85. The Hall–Kier alpha value is -2.08. The Kier molecular flexibility index (Phi) is 3.78. The predicted molar refractivity (Wildman–Crippen MR) is 69.0 cm³/mol. The molecule has 1 aliphatic rings. The maximum Gasteiger partial charge on any atom is 0.269 e. The summed E-state index contributed by atoms with van der Waals surface area (Å²) in [7, 11) is 0. The molecule has 18 heavy (non-hydrogen) atoms. The van der Waals surface area contributed by atoms with Crippen molar-refractivity contribution in [3.05, 3.63) is 46.0 Å². The maximum atomic E-state index is 10.5. The fourth-order valence-corrected chi connectivity index (χ4v) is 1.60. The van der Waals surface area contributed by atoms with Crippen molar-refractivity contribution in [2.45, 2.75) is 6.10 Å². The van der Waals surface area contributed by atoms with Crippen LogP contribution in [0.5, 0.6) is 0 Å². The molecular formula is C11H9N3O3S. The second-order valence-corrected chi connectivity index (χ2v) is 3.76. The fraction of sp³-hybridized carbons (Fsp3) is 0.182. The first-order chi connectivity index (χ1) is 8.70. The molecule has 1 aromatic rings. The summed E-state index contributed by atoms with van der Waals surface area (Å²) in [6.07, 6.45) is 1.64. The van der Waals surface area contributed by atoms with Crippen molar-refractivity contribution in [2.75, 3.05) is 6.54 Å². The first-order valence-electron chi connectivity index (χ1n) is 5.12. The summed E-state index contributed by atoms with van der Waals surface area (Å²) < 4.78 is 0. The van der Waals surface area contributed by atoms with Crippen molar-refractivity contribution in [3.8, 4) is 0 Å². The van der Waals surface area contributed by atoms with Crippen molar-refractivity contribution >= 4 is 28.8 Å². The number of benzene rings is 1. The molecule has 0 aromatic heterocycles. The van der Waals surface area contributed by atoms with Crippen LogP contribution in [0.15, 0.2) is 35.3 Å². The molecule has 0 spiro atoms. The predicted octanol–water partition coefficient (Wildman–Crippen LogP) is 1.94. The number of hydrogen-bond donors (Lipinski definition) is 1. The lowest BCUT2D eigenvalue weighted by Crippen LogP contribution is -2.14. The van der Waals surface area contributed by atoms with Crippen LogP contribution in [-0.4, -0.2) is 22.7 Å². The van der Waals surface area contributed by atoms with E-state index < -0.39 is 4.92 Å². The number of nitrogens with zero attached hydrogens (tertiary/aromatic N) is 2. The van der Waals surface area contributed by atoms with Gasteiger partial charge in [0.05, 0.1) is 22.3 Å². The molecule has 1 unspecified atom stereocenters. The topological polar surface area (TPSA) is 76.8 Å². The van der Waals surface area contributed by atoms with Gasteiger partial charge in [0.2, 0.25) is 0 Å². The molecule has 0 saturated carbocycles. The molecule has 0 amide bonds. The third-order valence-corrected chi connectivity index (χ3v) is 2.53. The summed E-state index contributed by atoms with van der Waals surface area (Å²) in [6, 6.07) is 6.21. The maximum absolute atomic E-state index is 10.5. The van der Waals surface area contributed by atoms with E-state index in [-0.39, 0.29) is 11.8 Å². The number of nitro benzene ring substituents is 1. The van der Waals surface area contributed by atoms with Crippen LogP contribution in [0.2, 0.25) is 0 Å². The molecule has 6 nitrogen and oxygen atoms in total. The number of isothiocyanates is 1. The van der Waals surface area contributed by atoms with Gasteiger partial charge in [-0.3, -0.25) is 20.4 Å². The normalized spacial score (nSPS) is 17.6.